The van der Waals surface area contributed by atoms with E-state index in [9.17, 15) is 18.0 Å². The molecule has 0 unspecified atom stereocenters. The van der Waals surface area contributed by atoms with Crippen LogP contribution in [0.3, 0.4) is 0 Å². The zero-order valence-electron chi connectivity index (χ0n) is 29.6. The zero-order valence-corrected chi connectivity index (χ0v) is 31.2. The summed E-state index contributed by atoms with van der Waals surface area (Å²) in [5.41, 5.74) is 3.04. The largest absolute Gasteiger partial charge is 0.371 e. The molecule has 7 heterocycles. The quantitative estimate of drug-likeness (QED) is 0.248. The number of nitrogens with zero attached hydrogens (tertiary/aromatic N) is 8. The van der Waals surface area contributed by atoms with Crippen molar-refractivity contribution in [3.63, 3.8) is 0 Å². The molecule has 53 heavy (non-hydrogen) atoms. The van der Waals surface area contributed by atoms with Crippen LogP contribution in [0.5, 0.6) is 0 Å². The number of urea groups is 1. The van der Waals surface area contributed by atoms with Gasteiger partial charge >= 0.3 is 6.03 Å². The van der Waals surface area contributed by atoms with Crippen LogP contribution in [-0.2, 0) is 14.8 Å². The number of halogens is 1. The van der Waals surface area contributed by atoms with Crippen molar-refractivity contribution in [2.45, 2.75) is 61.8 Å². The number of hydrogen-bond acceptors (Lipinski definition) is 10. The average Bonchev–Trinajstić information content (AvgIpc) is 3.61. The van der Waals surface area contributed by atoms with Crippen LogP contribution in [0.1, 0.15) is 56.4 Å². The van der Waals surface area contributed by atoms with Crippen molar-refractivity contribution in [2.75, 3.05) is 67.5 Å². The summed E-state index contributed by atoms with van der Waals surface area (Å²) in [5.74, 6) is 1.92. The fraction of sp³-hybridized carbons (Fsp3) is 0.486. The molecule has 2 N–H and O–H groups in total. The SMILES string of the molecule is O=C1CCN(c2cnc3c(C4CCN(CC5CCN(c6cccc(S(=O)(=O)N7CCC(Nc8ncc(Cl)cn8)CC7)c6)CC5)CC4)cccn23)C(=O)N1. The minimum atomic E-state index is -3.61. The summed E-state index contributed by atoms with van der Waals surface area (Å²) >= 11 is 5.89. The van der Waals surface area contributed by atoms with Crippen molar-refractivity contribution in [1.82, 2.24) is 33.9 Å². The second kappa shape index (κ2) is 15.2. The summed E-state index contributed by atoms with van der Waals surface area (Å²) in [6.07, 6.45) is 12.6. The van der Waals surface area contributed by atoms with E-state index in [1.54, 1.807) is 33.9 Å². The Morgan fingerprint density at radius 2 is 1.60 bits per heavy atom. The molecule has 0 atom stereocenters. The summed E-state index contributed by atoms with van der Waals surface area (Å²) in [5, 5.41) is 6.17. The van der Waals surface area contributed by atoms with Crippen molar-refractivity contribution >= 4 is 56.7 Å². The van der Waals surface area contributed by atoms with E-state index in [0.717, 1.165) is 69.7 Å². The first-order valence-electron chi connectivity index (χ1n) is 18.6. The molecule has 4 fully saturated rings. The van der Waals surface area contributed by atoms with E-state index in [1.165, 1.54) is 5.56 Å². The predicted octanol–water partition coefficient (Wildman–Crippen LogP) is 4.59. The normalized spacial score (nSPS) is 20.6. The number of imidazole rings is 1. The molecule has 0 bridgehead atoms. The molecule has 4 aliphatic rings. The van der Waals surface area contributed by atoms with Gasteiger partial charge in [-0.2, -0.15) is 4.31 Å². The minimum Gasteiger partial charge on any atom is -0.371 e. The van der Waals surface area contributed by atoms with Crippen molar-refractivity contribution in [3.05, 3.63) is 71.8 Å². The van der Waals surface area contributed by atoms with Gasteiger partial charge < -0.3 is 15.1 Å². The number of rotatable bonds is 9. The van der Waals surface area contributed by atoms with Gasteiger partial charge in [-0.15, -0.1) is 0 Å². The van der Waals surface area contributed by atoms with Crippen molar-refractivity contribution in [2.24, 2.45) is 5.92 Å². The molecular formula is C37H45ClN10O4S. The molecule has 3 amide bonds. The summed E-state index contributed by atoms with van der Waals surface area (Å²) in [6.45, 7) is 6.15. The van der Waals surface area contributed by atoms with Crippen molar-refractivity contribution in [3.8, 4) is 0 Å². The second-order valence-electron chi connectivity index (χ2n) is 14.6. The van der Waals surface area contributed by atoms with Crippen LogP contribution >= 0.6 is 11.6 Å². The van der Waals surface area contributed by atoms with Gasteiger partial charge in [-0.25, -0.2) is 28.2 Å². The minimum absolute atomic E-state index is 0.0965. The average molecular weight is 761 g/mol. The smallest absolute Gasteiger partial charge is 0.329 e. The molecule has 1 aromatic carbocycles. The molecular weight excluding hydrogens is 716 g/mol. The molecule has 8 rings (SSSR count). The van der Waals surface area contributed by atoms with E-state index >= 15 is 0 Å². The highest BCUT2D eigenvalue weighted by atomic mass is 35.5. The van der Waals surface area contributed by atoms with Crippen LogP contribution in [0.15, 0.2) is 66.1 Å². The Morgan fingerprint density at radius 3 is 2.34 bits per heavy atom. The number of likely N-dealkylation sites (tertiary alicyclic amines) is 1. The highest BCUT2D eigenvalue weighted by Gasteiger charge is 2.32. The molecule has 0 saturated carbocycles. The van der Waals surface area contributed by atoms with E-state index in [4.69, 9.17) is 16.6 Å². The number of pyridine rings is 1. The van der Waals surface area contributed by atoms with Crippen molar-refractivity contribution in [1.29, 1.82) is 0 Å². The molecule has 4 aromatic rings. The van der Waals surface area contributed by atoms with Gasteiger partial charge in [-0.3, -0.25) is 19.4 Å². The van der Waals surface area contributed by atoms with E-state index in [-0.39, 0.29) is 18.4 Å². The van der Waals surface area contributed by atoms with Crippen LogP contribution in [0.25, 0.3) is 5.65 Å². The molecule has 14 nitrogen and oxygen atoms in total. The summed E-state index contributed by atoms with van der Waals surface area (Å²) in [7, 11) is -3.61. The van der Waals surface area contributed by atoms with Crippen LogP contribution < -0.4 is 20.4 Å². The first-order chi connectivity index (χ1) is 25.7. The van der Waals surface area contributed by atoms with Crippen LogP contribution in [0.4, 0.5) is 22.2 Å². The van der Waals surface area contributed by atoms with Gasteiger partial charge in [0, 0.05) is 63.6 Å². The summed E-state index contributed by atoms with van der Waals surface area (Å²) < 4.78 is 30.9. The Balaban J connectivity index is 0.815. The Kier molecular flexibility index (Phi) is 10.2. The number of carbonyl (C=O) groups is 2. The van der Waals surface area contributed by atoms with Crippen LogP contribution in [-0.4, -0.2) is 107 Å². The highest BCUT2D eigenvalue weighted by molar-refractivity contribution is 7.89. The zero-order chi connectivity index (χ0) is 36.5. The van der Waals surface area contributed by atoms with Gasteiger partial charge in [0.05, 0.1) is 28.5 Å². The number of fused-ring (bicyclic) bond motifs is 1. The lowest BCUT2D eigenvalue weighted by Crippen LogP contribution is -2.50. The van der Waals surface area contributed by atoms with Crippen LogP contribution in [0, 0.1) is 5.92 Å². The van der Waals surface area contributed by atoms with Gasteiger partial charge in [0.2, 0.25) is 21.9 Å². The second-order valence-corrected chi connectivity index (χ2v) is 17.0. The maximum Gasteiger partial charge on any atom is 0.329 e. The Hall–Kier alpha value is -4.31. The number of aromatic nitrogens is 4. The summed E-state index contributed by atoms with van der Waals surface area (Å²) in [4.78, 5) is 44.1. The number of hydrogen-bond donors (Lipinski definition) is 2. The van der Waals surface area contributed by atoms with E-state index in [1.807, 2.05) is 34.9 Å². The molecule has 0 spiro atoms. The third kappa shape index (κ3) is 7.70. The molecule has 0 aliphatic carbocycles. The maximum atomic E-state index is 13.7. The standard InChI is InChI=1S/C37H45ClN10O4S/c38-28-22-40-36(41-23-28)42-29-10-18-46(19-11-29)53(51,52)31-4-1-3-30(21-31)45-16-6-26(7-17-45)25-44-14-8-27(9-15-44)32-5-2-13-47-34(24-39-35(32)47)48-20-12-33(49)43-37(48)50/h1-5,13,21-24,26-27,29H,6-12,14-20,25H2,(H,40,41,42)(H,43,49,50). The lowest BCUT2D eigenvalue weighted by atomic mass is 9.88. The van der Waals surface area contributed by atoms with Gasteiger partial charge in [-0.05, 0) is 93.3 Å². The number of imide groups is 1. The van der Waals surface area contributed by atoms with Crippen molar-refractivity contribution < 1.29 is 18.0 Å². The highest BCUT2D eigenvalue weighted by Crippen LogP contribution is 2.34. The number of benzene rings is 1. The molecule has 280 valence electrons. The third-order valence-corrected chi connectivity index (χ3v) is 13.4. The molecule has 4 saturated heterocycles. The van der Waals surface area contributed by atoms with Gasteiger partial charge in [0.1, 0.15) is 11.5 Å². The molecule has 0 radical (unpaired) electrons. The summed E-state index contributed by atoms with van der Waals surface area (Å²) in [6, 6.07) is 11.3. The fourth-order valence-corrected chi connectivity index (χ4v) is 9.89. The topological polar surface area (TPSA) is 148 Å². The van der Waals surface area contributed by atoms with E-state index < -0.39 is 16.1 Å². The predicted molar refractivity (Wildman–Crippen MR) is 203 cm³/mol. The lowest BCUT2D eigenvalue weighted by molar-refractivity contribution is -0.120. The third-order valence-electron chi connectivity index (χ3n) is 11.3. The van der Waals surface area contributed by atoms with E-state index in [0.29, 0.717) is 66.0 Å². The van der Waals surface area contributed by atoms with Crippen LogP contribution in [0.2, 0.25) is 5.02 Å². The number of piperidine rings is 3. The first-order valence-corrected chi connectivity index (χ1v) is 20.4. The Labute approximate surface area is 314 Å². The molecule has 4 aliphatic heterocycles. The number of amides is 3. The number of sulfonamides is 1. The van der Waals surface area contributed by atoms with Gasteiger partial charge in [0.15, 0.2) is 0 Å². The maximum absolute atomic E-state index is 13.7. The first kappa shape index (κ1) is 35.7. The Morgan fingerprint density at radius 1 is 0.849 bits per heavy atom. The number of carbonyl (C=O) groups excluding carboxylic acids is 2. The monoisotopic (exact) mass is 760 g/mol. The van der Waals surface area contributed by atoms with Gasteiger partial charge in [0.25, 0.3) is 0 Å². The molecule has 16 heteroatoms. The fourth-order valence-electron chi connectivity index (χ4n) is 8.29. The van der Waals surface area contributed by atoms with E-state index in [2.05, 4.69) is 36.5 Å². The number of anilines is 3. The number of nitrogens with one attached hydrogen (secondary N) is 2. The Bertz CT molecular complexity index is 2060. The van der Waals surface area contributed by atoms with Gasteiger partial charge in [-0.1, -0.05) is 23.7 Å². The molecule has 3 aromatic heterocycles. The lowest BCUT2D eigenvalue weighted by Gasteiger charge is -2.38.